The second kappa shape index (κ2) is 6.07. The molecule has 2 heterocycles. The number of anilines is 1. The zero-order chi connectivity index (χ0) is 15.5. The van der Waals surface area contributed by atoms with Crippen LogP contribution in [0.5, 0.6) is 0 Å². The molecule has 0 aliphatic carbocycles. The summed E-state index contributed by atoms with van der Waals surface area (Å²) >= 11 is 0. The van der Waals surface area contributed by atoms with E-state index in [0.29, 0.717) is 37.4 Å². The fraction of sp³-hybridized carbons (Fsp3) is 0.267. The highest BCUT2D eigenvalue weighted by atomic mass is 19.1. The number of nitrogens with two attached hydrogens (primary N) is 1. The summed E-state index contributed by atoms with van der Waals surface area (Å²) in [5.41, 5.74) is 6.16. The molecule has 1 aliphatic rings. The number of hydrogen-bond acceptors (Lipinski definition) is 5. The van der Waals surface area contributed by atoms with Crippen LogP contribution in [-0.4, -0.2) is 42.2 Å². The third-order valence-corrected chi connectivity index (χ3v) is 3.47. The van der Waals surface area contributed by atoms with Crippen molar-refractivity contribution in [1.29, 1.82) is 0 Å². The van der Waals surface area contributed by atoms with Gasteiger partial charge in [0.1, 0.15) is 0 Å². The van der Waals surface area contributed by atoms with E-state index in [4.69, 9.17) is 10.5 Å². The predicted octanol–water partition coefficient (Wildman–Crippen LogP) is 1.22. The van der Waals surface area contributed by atoms with Crippen LogP contribution in [-0.2, 0) is 4.74 Å². The van der Waals surface area contributed by atoms with Crippen molar-refractivity contribution in [1.82, 2.24) is 9.97 Å². The number of rotatable bonds is 3. The zero-order valence-electron chi connectivity index (χ0n) is 11.8. The van der Waals surface area contributed by atoms with Gasteiger partial charge in [0.05, 0.1) is 25.0 Å². The maximum Gasteiger partial charge on any atom is 0.249 e. The molecule has 1 amide bonds. The van der Waals surface area contributed by atoms with Gasteiger partial charge in [-0.2, -0.15) is 0 Å². The number of hydrogen-bond donors (Lipinski definition) is 1. The smallest absolute Gasteiger partial charge is 0.249 e. The first-order valence-electron chi connectivity index (χ1n) is 6.91. The van der Waals surface area contributed by atoms with Crippen LogP contribution in [0.4, 0.5) is 10.2 Å². The standard InChI is InChI=1S/C15H15FN4O2/c16-12-9-18-14(11-4-2-1-3-10(11)13(17)21)19-15(12)20-5-7-22-8-6-20/h1-4,9H,5-8H2,(H2,17,21). The van der Waals surface area contributed by atoms with Crippen molar-refractivity contribution >= 4 is 11.7 Å². The Morgan fingerprint density at radius 1 is 1.27 bits per heavy atom. The summed E-state index contributed by atoms with van der Waals surface area (Å²) in [6.07, 6.45) is 1.12. The summed E-state index contributed by atoms with van der Waals surface area (Å²) in [5.74, 6) is -0.580. The van der Waals surface area contributed by atoms with Crippen LogP contribution >= 0.6 is 0 Å². The Bertz CT molecular complexity index is 702. The molecule has 0 bridgehead atoms. The minimum absolute atomic E-state index is 0.215. The van der Waals surface area contributed by atoms with Gasteiger partial charge in [0.2, 0.25) is 5.91 Å². The minimum atomic E-state index is -0.573. The molecule has 0 spiro atoms. The van der Waals surface area contributed by atoms with Crippen molar-refractivity contribution in [2.45, 2.75) is 0 Å². The van der Waals surface area contributed by atoms with Crippen LogP contribution in [0.1, 0.15) is 10.4 Å². The molecule has 2 aromatic rings. The summed E-state index contributed by atoms with van der Waals surface area (Å²) in [5, 5.41) is 0. The fourth-order valence-corrected chi connectivity index (χ4v) is 2.38. The van der Waals surface area contributed by atoms with Gasteiger partial charge in [0, 0.05) is 18.7 Å². The molecule has 2 N–H and O–H groups in total. The highest BCUT2D eigenvalue weighted by Crippen LogP contribution is 2.24. The molecule has 1 saturated heterocycles. The van der Waals surface area contributed by atoms with Crippen molar-refractivity contribution in [3.05, 3.63) is 41.8 Å². The molecule has 6 nitrogen and oxygen atoms in total. The Kier molecular flexibility index (Phi) is 3.97. The predicted molar refractivity (Wildman–Crippen MR) is 79.0 cm³/mol. The average Bonchev–Trinajstić information content (AvgIpc) is 2.56. The van der Waals surface area contributed by atoms with E-state index in [1.54, 1.807) is 29.2 Å². The molecule has 114 valence electrons. The summed E-state index contributed by atoms with van der Waals surface area (Å²) < 4.78 is 19.3. The lowest BCUT2D eigenvalue weighted by Gasteiger charge is -2.28. The number of carbonyl (C=O) groups excluding carboxylic acids is 1. The fourth-order valence-electron chi connectivity index (χ4n) is 2.38. The van der Waals surface area contributed by atoms with Gasteiger partial charge in [0.15, 0.2) is 17.5 Å². The number of nitrogens with zero attached hydrogens (tertiary/aromatic N) is 3. The van der Waals surface area contributed by atoms with E-state index in [1.165, 1.54) is 0 Å². The van der Waals surface area contributed by atoms with Crippen molar-refractivity contribution in [3.63, 3.8) is 0 Å². The van der Waals surface area contributed by atoms with Crippen LogP contribution < -0.4 is 10.6 Å². The quantitative estimate of drug-likeness (QED) is 0.922. The lowest BCUT2D eigenvalue weighted by atomic mass is 10.1. The minimum Gasteiger partial charge on any atom is -0.378 e. The molecule has 1 aliphatic heterocycles. The van der Waals surface area contributed by atoms with Crippen molar-refractivity contribution in [2.24, 2.45) is 5.73 Å². The number of primary amides is 1. The van der Waals surface area contributed by atoms with Crippen molar-refractivity contribution in [2.75, 3.05) is 31.2 Å². The first-order chi connectivity index (χ1) is 10.7. The molecule has 22 heavy (non-hydrogen) atoms. The first kappa shape index (κ1) is 14.4. The lowest BCUT2D eigenvalue weighted by Crippen LogP contribution is -2.37. The summed E-state index contributed by atoms with van der Waals surface area (Å²) in [6.45, 7) is 2.17. The molecule has 0 atom stereocenters. The molecule has 0 unspecified atom stereocenters. The van der Waals surface area contributed by atoms with E-state index in [-0.39, 0.29) is 11.6 Å². The summed E-state index contributed by atoms with van der Waals surface area (Å²) in [6, 6.07) is 6.74. The van der Waals surface area contributed by atoms with Gasteiger partial charge in [-0.15, -0.1) is 0 Å². The second-order valence-electron chi connectivity index (χ2n) is 4.87. The van der Waals surface area contributed by atoms with E-state index in [0.717, 1.165) is 6.20 Å². The molecule has 1 aromatic carbocycles. The Balaban J connectivity index is 2.04. The molecule has 1 aromatic heterocycles. The third kappa shape index (κ3) is 2.75. The number of benzene rings is 1. The Labute approximate surface area is 126 Å². The van der Waals surface area contributed by atoms with E-state index >= 15 is 0 Å². The monoisotopic (exact) mass is 302 g/mol. The summed E-state index contributed by atoms with van der Waals surface area (Å²) in [7, 11) is 0. The Morgan fingerprint density at radius 3 is 2.73 bits per heavy atom. The van der Waals surface area contributed by atoms with Gasteiger partial charge in [-0.05, 0) is 6.07 Å². The van der Waals surface area contributed by atoms with Crippen LogP contribution in [0.25, 0.3) is 11.4 Å². The number of morpholine rings is 1. The lowest BCUT2D eigenvalue weighted by molar-refractivity contribution is 0.100. The molecule has 1 fully saturated rings. The van der Waals surface area contributed by atoms with Crippen molar-refractivity contribution < 1.29 is 13.9 Å². The van der Waals surface area contributed by atoms with E-state index < -0.39 is 11.7 Å². The SMILES string of the molecule is NC(=O)c1ccccc1-c1ncc(F)c(N2CCOCC2)n1. The highest BCUT2D eigenvalue weighted by Gasteiger charge is 2.19. The van der Waals surface area contributed by atoms with E-state index in [1.807, 2.05) is 0 Å². The Morgan fingerprint density at radius 2 is 2.00 bits per heavy atom. The van der Waals surface area contributed by atoms with Gasteiger partial charge in [-0.3, -0.25) is 4.79 Å². The average molecular weight is 302 g/mol. The molecular weight excluding hydrogens is 287 g/mol. The molecular formula is C15H15FN4O2. The molecule has 3 rings (SSSR count). The number of halogens is 1. The maximum absolute atomic E-state index is 14.0. The van der Waals surface area contributed by atoms with Gasteiger partial charge in [0.25, 0.3) is 0 Å². The number of ether oxygens (including phenoxy) is 1. The highest BCUT2D eigenvalue weighted by molar-refractivity contribution is 5.99. The van der Waals surface area contributed by atoms with E-state index in [2.05, 4.69) is 9.97 Å². The largest absolute Gasteiger partial charge is 0.378 e. The van der Waals surface area contributed by atoms with E-state index in [9.17, 15) is 9.18 Å². The van der Waals surface area contributed by atoms with Gasteiger partial charge in [-0.25, -0.2) is 14.4 Å². The maximum atomic E-state index is 14.0. The number of aromatic nitrogens is 2. The van der Waals surface area contributed by atoms with Crippen LogP contribution in [0.3, 0.4) is 0 Å². The molecule has 0 saturated carbocycles. The van der Waals surface area contributed by atoms with Crippen LogP contribution in [0, 0.1) is 5.82 Å². The first-order valence-corrected chi connectivity index (χ1v) is 6.91. The molecule has 0 radical (unpaired) electrons. The topological polar surface area (TPSA) is 81.3 Å². The third-order valence-electron chi connectivity index (χ3n) is 3.47. The number of amides is 1. The van der Waals surface area contributed by atoms with Gasteiger partial charge < -0.3 is 15.4 Å². The number of carbonyl (C=O) groups is 1. The van der Waals surface area contributed by atoms with Gasteiger partial charge >= 0.3 is 0 Å². The van der Waals surface area contributed by atoms with Gasteiger partial charge in [-0.1, -0.05) is 18.2 Å². The van der Waals surface area contributed by atoms with Crippen LogP contribution in [0.15, 0.2) is 30.5 Å². The zero-order valence-corrected chi connectivity index (χ0v) is 11.8. The van der Waals surface area contributed by atoms with Crippen molar-refractivity contribution in [3.8, 4) is 11.4 Å². The Hall–Kier alpha value is -2.54. The second-order valence-corrected chi connectivity index (χ2v) is 4.87. The van der Waals surface area contributed by atoms with Crippen LogP contribution in [0.2, 0.25) is 0 Å². The normalized spacial score (nSPS) is 14.9. The molecule has 7 heteroatoms. The summed E-state index contributed by atoms with van der Waals surface area (Å²) in [4.78, 5) is 21.6.